The van der Waals surface area contributed by atoms with Crippen LogP contribution in [0.2, 0.25) is 0 Å². The number of rotatable bonds is 4. The molecule has 0 saturated heterocycles. The Kier molecular flexibility index (Phi) is 3.28. The van der Waals surface area contributed by atoms with E-state index in [4.69, 9.17) is 0 Å². The summed E-state index contributed by atoms with van der Waals surface area (Å²) in [6, 6.07) is 3.42. The third-order valence-electron chi connectivity index (χ3n) is 1.78. The lowest BCUT2D eigenvalue weighted by Gasteiger charge is -1.99. The van der Waals surface area contributed by atoms with Crippen LogP contribution in [0.4, 0.5) is 10.1 Å². The molecular weight excluding hydrogens is 189 g/mol. The van der Waals surface area contributed by atoms with Gasteiger partial charge in [0, 0.05) is 12.5 Å². The van der Waals surface area contributed by atoms with Gasteiger partial charge >= 0.3 is 0 Å². The summed E-state index contributed by atoms with van der Waals surface area (Å²) in [7, 11) is 0. The van der Waals surface area contributed by atoms with Gasteiger partial charge in [-0.05, 0) is 18.1 Å². The number of hydrogen-bond donors (Lipinski definition) is 0. The molecule has 74 valence electrons. The van der Waals surface area contributed by atoms with Gasteiger partial charge in [-0.2, -0.15) is 0 Å². The minimum absolute atomic E-state index is 0.217. The van der Waals surface area contributed by atoms with Crippen LogP contribution in [0.15, 0.2) is 18.2 Å². The van der Waals surface area contributed by atoms with Gasteiger partial charge in [-0.25, -0.2) is 4.39 Å². The van der Waals surface area contributed by atoms with E-state index in [1.807, 2.05) is 0 Å². The average Bonchev–Trinajstić information content (AvgIpc) is 2.15. The Morgan fingerprint density at radius 3 is 2.71 bits per heavy atom. The van der Waals surface area contributed by atoms with E-state index in [1.165, 1.54) is 12.1 Å². The highest BCUT2D eigenvalue weighted by Crippen LogP contribution is 2.17. The number of nitro benzene ring substituents is 1. The number of nitrogens with zero attached hydrogens (tertiary/aromatic N) is 1. The Bertz CT molecular complexity index is 365. The minimum atomic E-state index is -0.660. The number of hydrogen-bond acceptors (Lipinski definition) is 3. The second-order valence-electron chi connectivity index (χ2n) is 2.74. The van der Waals surface area contributed by atoms with Crippen LogP contribution in [0.25, 0.3) is 0 Å². The lowest BCUT2D eigenvalue weighted by atomic mass is 10.1. The zero-order valence-corrected chi connectivity index (χ0v) is 7.27. The lowest BCUT2D eigenvalue weighted by molar-refractivity contribution is -0.385. The van der Waals surface area contributed by atoms with Crippen LogP contribution in [0.5, 0.6) is 0 Å². The van der Waals surface area contributed by atoms with Gasteiger partial charge in [-0.3, -0.25) is 10.1 Å². The molecule has 0 fully saturated rings. The molecule has 1 rings (SSSR count). The average molecular weight is 197 g/mol. The lowest BCUT2D eigenvalue weighted by Crippen LogP contribution is -1.94. The fraction of sp³-hybridized carbons (Fsp3) is 0.222. The normalized spacial score (nSPS) is 9.79. The number of carbonyl (C=O) groups is 1. The number of aldehydes is 1. The maximum Gasteiger partial charge on any atom is 0.272 e. The first-order chi connectivity index (χ1) is 6.65. The number of nitro groups is 1. The summed E-state index contributed by atoms with van der Waals surface area (Å²) < 4.78 is 13.1. The molecule has 5 heteroatoms. The number of benzene rings is 1. The van der Waals surface area contributed by atoms with Gasteiger partial charge in [0.1, 0.15) is 12.1 Å². The van der Waals surface area contributed by atoms with E-state index in [2.05, 4.69) is 0 Å². The maximum absolute atomic E-state index is 13.1. The van der Waals surface area contributed by atoms with E-state index in [-0.39, 0.29) is 18.5 Å². The Morgan fingerprint density at radius 2 is 2.21 bits per heavy atom. The summed E-state index contributed by atoms with van der Waals surface area (Å²) in [6.45, 7) is 0. The largest absolute Gasteiger partial charge is 0.303 e. The number of halogens is 1. The first-order valence-electron chi connectivity index (χ1n) is 4.01. The Labute approximate surface area is 79.5 Å². The molecule has 0 radical (unpaired) electrons. The quantitative estimate of drug-likeness (QED) is 0.420. The molecule has 0 spiro atoms. The van der Waals surface area contributed by atoms with Gasteiger partial charge in [0.15, 0.2) is 0 Å². The molecule has 14 heavy (non-hydrogen) atoms. The summed E-state index contributed by atoms with van der Waals surface area (Å²) in [4.78, 5) is 19.6. The molecule has 0 aliphatic heterocycles. The number of non-ortho nitro benzene ring substituents is 1. The Hall–Kier alpha value is -1.78. The van der Waals surface area contributed by atoms with Gasteiger partial charge in [-0.15, -0.1) is 0 Å². The van der Waals surface area contributed by atoms with E-state index in [0.29, 0.717) is 11.8 Å². The zero-order chi connectivity index (χ0) is 10.6. The van der Waals surface area contributed by atoms with Gasteiger partial charge in [-0.1, -0.05) is 0 Å². The zero-order valence-electron chi connectivity index (χ0n) is 7.27. The highest BCUT2D eigenvalue weighted by molar-refractivity contribution is 5.50. The molecular formula is C9H8FNO3. The topological polar surface area (TPSA) is 60.2 Å². The molecule has 0 saturated carbocycles. The van der Waals surface area contributed by atoms with E-state index in [0.717, 1.165) is 6.07 Å². The summed E-state index contributed by atoms with van der Waals surface area (Å²) in [6.07, 6.45) is 1.17. The first kappa shape index (κ1) is 10.3. The van der Waals surface area contributed by atoms with E-state index in [1.54, 1.807) is 0 Å². The van der Waals surface area contributed by atoms with Crippen LogP contribution < -0.4 is 0 Å². The predicted octanol–water partition coefficient (Wildman–Crippen LogP) is 1.87. The molecule has 1 aromatic rings. The summed E-state index contributed by atoms with van der Waals surface area (Å²) in [5.41, 5.74) is 0.0417. The van der Waals surface area contributed by atoms with E-state index in [9.17, 15) is 19.3 Å². The number of carbonyl (C=O) groups excluding carboxylic acids is 1. The molecule has 0 aliphatic carbocycles. The Morgan fingerprint density at radius 1 is 1.50 bits per heavy atom. The second-order valence-corrected chi connectivity index (χ2v) is 2.74. The van der Waals surface area contributed by atoms with Crippen LogP contribution >= 0.6 is 0 Å². The second kappa shape index (κ2) is 4.45. The molecule has 0 atom stereocenters. The molecule has 0 aliphatic rings. The number of aryl methyl sites for hydroxylation is 1. The molecule has 0 amide bonds. The summed E-state index contributed by atoms with van der Waals surface area (Å²) >= 11 is 0. The molecule has 1 aromatic carbocycles. The van der Waals surface area contributed by atoms with E-state index < -0.39 is 10.7 Å². The van der Waals surface area contributed by atoms with Crippen molar-refractivity contribution in [3.63, 3.8) is 0 Å². The van der Waals surface area contributed by atoms with E-state index >= 15 is 0 Å². The van der Waals surface area contributed by atoms with Crippen molar-refractivity contribution < 1.29 is 14.1 Å². The van der Waals surface area contributed by atoms with Crippen molar-refractivity contribution in [1.82, 2.24) is 0 Å². The molecule has 0 heterocycles. The van der Waals surface area contributed by atoms with Crippen molar-refractivity contribution in [3.8, 4) is 0 Å². The van der Waals surface area contributed by atoms with Crippen LogP contribution in [0.1, 0.15) is 12.0 Å². The SMILES string of the molecule is O=CCCc1ccc([N+](=O)[O-])cc1F. The van der Waals surface area contributed by atoms with Crippen LogP contribution in [-0.4, -0.2) is 11.2 Å². The minimum Gasteiger partial charge on any atom is -0.303 e. The van der Waals surface area contributed by atoms with Crippen LogP contribution in [0, 0.1) is 15.9 Å². The predicted molar refractivity (Wildman–Crippen MR) is 47.4 cm³/mol. The standard InChI is InChI=1S/C9H8FNO3/c10-9-6-8(11(13)14)4-3-7(9)2-1-5-12/h3-6H,1-2H2. The third-order valence-corrected chi connectivity index (χ3v) is 1.78. The van der Waals surface area contributed by atoms with Gasteiger partial charge in [0.05, 0.1) is 11.0 Å². The maximum atomic E-state index is 13.1. The fourth-order valence-corrected chi connectivity index (χ4v) is 1.07. The summed E-state index contributed by atoms with van der Waals surface area (Å²) in [5.74, 6) is -0.638. The Balaban J connectivity index is 2.89. The smallest absolute Gasteiger partial charge is 0.272 e. The monoisotopic (exact) mass is 197 g/mol. The highest BCUT2D eigenvalue weighted by atomic mass is 19.1. The molecule has 0 bridgehead atoms. The first-order valence-corrected chi connectivity index (χ1v) is 4.01. The fourth-order valence-electron chi connectivity index (χ4n) is 1.07. The van der Waals surface area contributed by atoms with Crippen molar-refractivity contribution >= 4 is 12.0 Å². The van der Waals surface area contributed by atoms with Gasteiger partial charge in [0.25, 0.3) is 5.69 Å². The van der Waals surface area contributed by atoms with Crippen molar-refractivity contribution in [3.05, 3.63) is 39.7 Å². The van der Waals surface area contributed by atoms with Gasteiger partial charge in [0.2, 0.25) is 0 Å². The highest BCUT2D eigenvalue weighted by Gasteiger charge is 2.09. The summed E-state index contributed by atoms with van der Waals surface area (Å²) in [5, 5.41) is 10.3. The molecule has 0 aromatic heterocycles. The van der Waals surface area contributed by atoms with Gasteiger partial charge < -0.3 is 4.79 Å². The van der Waals surface area contributed by atoms with Crippen molar-refractivity contribution in [2.75, 3.05) is 0 Å². The van der Waals surface area contributed by atoms with Crippen molar-refractivity contribution in [1.29, 1.82) is 0 Å². The van der Waals surface area contributed by atoms with Crippen molar-refractivity contribution in [2.45, 2.75) is 12.8 Å². The molecule has 4 nitrogen and oxygen atoms in total. The van der Waals surface area contributed by atoms with Crippen LogP contribution in [-0.2, 0) is 11.2 Å². The van der Waals surface area contributed by atoms with Crippen molar-refractivity contribution in [2.24, 2.45) is 0 Å². The molecule has 0 unspecified atom stereocenters. The third kappa shape index (κ3) is 2.35. The molecule has 0 N–H and O–H groups in total. The van der Waals surface area contributed by atoms with Crippen LogP contribution in [0.3, 0.4) is 0 Å².